The zero-order chi connectivity index (χ0) is 13.6. The number of carbonyl (C=O) groups excluding carboxylic acids is 1. The number of morpholine rings is 1. The Bertz CT molecular complexity index is 329. The number of carbonyl (C=O) groups is 1. The van der Waals surface area contributed by atoms with E-state index in [2.05, 4.69) is 25.7 Å². The minimum absolute atomic E-state index is 0.103. The van der Waals surface area contributed by atoms with Crippen LogP contribution in [0.5, 0.6) is 0 Å². The maximum atomic E-state index is 11.9. The summed E-state index contributed by atoms with van der Waals surface area (Å²) in [6, 6.07) is 0. The first kappa shape index (κ1) is 13.8. The van der Waals surface area contributed by atoms with Crippen LogP contribution in [0.1, 0.15) is 34.6 Å². The molecule has 2 fully saturated rings. The minimum Gasteiger partial charge on any atom is -0.358 e. The molecule has 4 heteroatoms. The van der Waals surface area contributed by atoms with Crippen molar-refractivity contribution in [2.75, 3.05) is 32.7 Å². The van der Waals surface area contributed by atoms with E-state index in [0.717, 1.165) is 32.7 Å². The van der Waals surface area contributed by atoms with E-state index in [1.807, 2.05) is 18.7 Å². The first-order valence-corrected chi connectivity index (χ1v) is 6.94. The van der Waals surface area contributed by atoms with Gasteiger partial charge in [-0.05, 0) is 19.3 Å². The van der Waals surface area contributed by atoms with E-state index in [1.165, 1.54) is 0 Å². The van der Waals surface area contributed by atoms with E-state index in [4.69, 9.17) is 4.74 Å². The summed E-state index contributed by atoms with van der Waals surface area (Å²) in [6.45, 7) is 15.2. The van der Waals surface area contributed by atoms with Crippen LogP contribution in [0.3, 0.4) is 0 Å². The Morgan fingerprint density at radius 2 is 1.94 bits per heavy atom. The van der Waals surface area contributed by atoms with Crippen molar-refractivity contribution >= 4 is 5.91 Å². The lowest BCUT2D eigenvalue weighted by atomic mass is 9.87. The average molecular weight is 254 g/mol. The van der Waals surface area contributed by atoms with Crippen molar-refractivity contribution in [3.05, 3.63) is 0 Å². The third kappa shape index (κ3) is 2.69. The van der Waals surface area contributed by atoms with Crippen LogP contribution < -0.4 is 0 Å². The smallest absolute Gasteiger partial charge is 0.251 e. The van der Waals surface area contributed by atoms with E-state index >= 15 is 0 Å². The molecule has 1 spiro atoms. The van der Waals surface area contributed by atoms with Gasteiger partial charge in [0.05, 0.1) is 6.54 Å². The maximum absolute atomic E-state index is 11.9. The minimum atomic E-state index is -0.282. The number of likely N-dealkylation sites (tertiary alicyclic amines) is 1. The monoisotopic (exact) mass is 254 g/mol. The highest BCUT2D eigenvalue weighted by Crippen LogP contribution is 2.33. The molecule has 0 aliphatic carbocycles. The molecular formula is C14H26N2O2. The van der Waals surface area contributed by atoms with E-state index in [1.54, 1.807) is 0 Å². The van der Waals surface area contributed by atoms with E-state index < -0.39 is 0 Å². The number of likely N-dealkylation sites (N-methyl/N-ethyl adjacent to an activating group) is 1. The summed E-state index contributed by atoms with van der Waals surface area (Å²) in [5.74, 6) is 0.136. The van der Waals surface area contributed by atoms with Crippen molar-refractivity contribution in [2.45, 2.75) is 46.3 Å². The summed E-state index contributed by atoms with van der Waals surface area (Å²) in [6.07, 6.45) is -0.282. The van der Waals surface area contributed by atoms with E-state index in [9.17, 15) is 4.79 Å². The van der Waals surface area contributed by atoms with Crippen molar-refractivity contribution in [1.82, 2.24) is 9.80 Å². The number of rotatable bonds is 2. The van der Waals surface area contributed by atoms with Gasteiger partial charge in [0.25, 0.3) is 5.91 Å². The van der Waals surface area contributed by atoms with Gasteiger partial charge >= 0.3 is 0 Å². The highest BCUT2D eigenvalue weighted by molar-refractivity contribution is 5.81. The lowest BCUT2D eigenvalue weighted by Crippen LogP contribution is -2.73. The fraction of sp³-hybridized carbons (Fsp3) is 0.929. The Hall–Kier alpha value is -0.610. The van der Waals surface area contributed by atoms with Crippen LogP contribution in [-0.2, 0) is 9.53 Å². The predicted octanol–water partition coefficient (Wildman–Crippen LogP) is 1.35. The Labute approximate surface area is 110 Å². The summed E-state index contributed by atoms with van der Waals surface area (Å²) in [7, 11) is 0. The molecule has 1 atom stereocenters. The molecule has 2 rings (SSSR count). The molecule has 2 saturated heterocycles. The average Bonchev–Trinajstić information content (AvgIpc) is 2.18. The van der Waals surface area contributed by atoms with Gasteiger partial charge in [0.15, 0.2) is 0 Å². The summed E-state index contributed by atoms with van der Waals surface area (Å²) in [5.41, 5.74) is 0.219. The summed E-state index contributed by atoms with van der Waals surface area (Å²) in [5, 5.41) is 0. The van der Waals surface area contributed by atoms with Crippen molar-refractivity contribution in [2.24, 2.45) is 5.41 Å². The molecule has 0 N–H and O–H groups in total. The molecule has 18 heavy (non-hydrogen) atoms. The van der Waals surface area contributed by atoms with Crippen molar-refractivity contribution < 1.29 is 9.53 Å². The molecule has 0 saturated carbocycles. The van der Waals surface area contributed by atoms with Crippen LogP contribution >= 0.6 is 0 Å². The van der Waals surface area contributed by atoms with Crippen LogP contribution in [0.15, 0.2) is 0 Å². The number of ether oxygens (including phenoxy) is 1. The topological polar surface area (TPSA) is 32.8 Å². The second kappa shape index (κ2) is 4.49. The highest BCUT2D eigenvalue weighted by atomic mass is 16.5. The van der Waals surface area contributed by atoms with Crippen molar-refractivity contribution in [1.29, 1.82) is 0 Å². The SMILES string of the molecule is CCN1CC2(CN(CC(C)(C)C)C2)O[C@@H](C)C1=O. The van der Waals surface area contributed by atoms with Gasteiger partial charge in [0.2, 0.25) is 0 Å². The molecule has 4 nitrogen and oxygen atoms in total. The molecule has 104 valence electrons. The van der Waals surface area contributed by atoms with E-state index in [0.29, 0.717) is 5.41 Å². The normalized spacial score (nSPS) is 28.6. The second-order valence-electron chi connectivity index (χ2n) is 7.00. The first-order chi connectivity index (χ1) is 8.25. The van der Waals surface area contributed by atoms with Crippen LogP contribution in [0.2, 0.25) is 0 Å². The van der Waals surface area contributed by atoms with Crippen molar-refractivity contribution in [3.63, 3.8) is 0 Å². The summed E-state index contributed by atoms with van der Waals surface area (Å²) >= 11 is 0. The first-order valence-electron chi connectivity index (χ1n) is 6.94. The van der Waals surface area contributed by atoms with Crippen LogP contribution in [0.4, 0.5) is 0 Å². The maximum Gasteiger partial charge on any atom is 0.251 e. The van der Waals surface area contributed by atoms with Gasteiger partial charge < -0.3 is 9.64 Å². The van der Waals surface area contributed by atoms with E-state index in [-0.39, 0.29) is 17.6 Å². The van der Waals surface area contributed by atoms with Gasteiger partial charge in [-0.2, -0.15) is 0 Å². The van der Waals surface area contributed by atoms with Crippen LogP contribution in [0, 0.1) is 5.41 Å². The van der Waals surface area contributed by atoms with Gasteiger partial charge in [-0.25, -0.2) is 0 Å². The highest BCUT2D eigenvalue weighted by Gasteiger charge is 2.51. The van der Waals surface area contributed by atoms with Gasteiger partial charge in [-0.3, -0.25) is 9.69 Å². The quantitative estimate of drug-likeness (QED) is 0.746. The molecule has 0 aromatic heterocycles. The molecule has 2 heterocycles. The number of hydrogen-bond donors (Lipinski definition) is 0. The predicted molar refractivity (Wildman–Crippen MR) is 71.4 cm³/mol. The number of nitrogens with zero attached hydrogens (tertiary/aromatic N) is 2. The lowest BCUT2D eigenvalue weighted by Gasteiger charge is -2.56. The Kier molecular flexibility index (Phi) is 3.45. The summed E-state index contributed by atoms with van der Waals surface area (Å²) in [4.78, 5) is 16.2. The zero-order valence-electron chi connectivity index (χ0n) is 12.3. The van der Waals surface area contributed by atoms with Gasteiger partial charge in [0.1, 0.15) is 11.7 Å². The largest absolute Gasteiger partial charge is 0.358 e. The van der Waals surface area contributed by atoms with Gasteiger partial charge in [-0.1, -0.05) is 20.8 Å². The number of amides is 1. The third-order valence-corrected chi connectivity index (χ3v) is 3.67. The Morgan fingerprint density at radius 1 is 1.33 bits per heavy atom. The molecule has 0 aromatic rings. The van der Waals surface area contributed by atoms with Crippen LogP contribution in [-0.4, -0.2) is 60.1 Å². The van der Waals surface area contributed by atoms with Gasteiger partial charge in [0, 0.05) is 26.2 Å². The molecule has 2 aliphatic heterocycles. The fourth-order valence-electron chi connectivity index (χ4n) is 3.14. The molecule has 0 radical (unpaired) electrons. The fourth-order valence-corrected chi connectivity index (χ4v) is 3.14. The molecule has 2 aliphatic rings. The van der Waals surface area contributed by atoms with Gasteiger partial charge in [-0.15, -0.1) is 0 Å². The standard InChI is InChI=1S/C14H26N2O2/c1-6-16-10-14(18-11(2)12(16)17)8-15(9-14)7-13(3,4)5/h11H,6-10H2,1-5H3/t11-/m0/s1. The lowest BCUT2D eigenvalue weighted by molar-refractivity contribution is -0.216. The second-order valence-corrected chi connectivity index (χ2v) is 7.00. The summed E-state index contributed by atoms with van der Waals surface area (Å²) < 4.78 is 5.97. The molecule has 1 amide bonds. The number of hydrogen-bond acceptors (Lipinski definition) is 3. The zero-order valence-corrected chi connectivity index (χ0v) is 12.3. The molecule has 0 bridgehead atoms. The molecule has 0 aromatic carbocycles. The molecular weight excluding hydrogens is 228 g/mol. The molecule has 0 unspecified atom stereocenters. The van der Waals surface area contributed by atoms with Crippen LogP contribution in [0.25, 0.3) is 0 Å². The Balaban J connectivity index is 1.94. The third-order valence-electron chi connectivity index (χ3n) is 3.67. The Morgan fingerprint density at radius 3 is 2.44 bits per heavy atom. The van der Waals surface area contributed by atoms with Crippen molar-refractivity contribution in [3.8, 4) is 0 Å².